The summed E-state index contributed by atoms with van der Waals surface area (Å²) in [6.07, 6.45) is 0. The Labute approximate surface area is 344 Å². The smallest absolute Gasteiger partial charge is 0.235 e. The molecular weight excluding hydrogens is 731 g/mol. The van der Waals surface area contributed by atoms with Gasteiger partial charge in [-0.25, -0.2) is 9.97 Å². The number of hydrogen-bond donors (Lipinski definition) is 0. The highest BCUT2D eigenvalue weighted by Gasteiger charge is 2.24. The van der Waals surface area contributed by atoms with E-state index in [1.54, 1.807) is 0 Å². The molecule has 13 aromatic rings. The van der Waals surface area contributed by atoms with Crippen LogP contribution in [0, 0.1) is 0 Å². The minimum Gasteiger partial charge on any atom is -0.455 e. The minimum atomic E-state index is 0.619. The van der Waals surface area contributed by atoms with Crippen molar-refractivity contribution in [3.05, 3.63) is 200 Å². The molecule has 0 atom stereocenters. The lowest BCUT2D eigenvalue weighted by Crippen LogP contribution is -2.04. The maximum Gasteiger partial charge on any atom is 0.235 e. The van der Waals surface area contributed by atoms with Crippen LogP contribution < -0.4 is 0 Å². The Morgan fingerprint density at radius 3 is 1.75 bits per heavy atom. The Morgan fingerprint density at radius 1 is 0.350 bits per heavy atom. The number of nitrogens with zero attached hydrogens (tertiary/aromatic N) is 3. The molecule has 3 aromatic heterocycles. The number of para-hydroxylation sites is 3. The molecule has 0 amide bonds. The molecule has 0 N–H and O–H groups in total. The van der Waals surface area contributed by atoms with Gasteiger partial charge in [0.15, 0.2) is 0 Å². The first kappa shape index (κ1) is 32.9. The molecule has 13 rings (SSSR count). The summed E-state index contributed by atoms with van der Waals surface area (Å²) in [4.78, 5) is 11.0. The fourth-order valence-electron chi connectivity index (χ4n) is 9.69. The van der Waals surface area contributed by atoms with E-state index >= 15 is 0 Å². The van der Waals surface area contributed by atoms with Crippen molar-refractivity contribution in [2.75, 3.05) is 0 Å². The van der Waals surface area contributed by atoms with Crippen LogP contribution in [0.5, 0.6) is 0 Å². The molecule has 0 radical (unpaired) electrons. The average Bonchev–Trinajstić information content (AvgIpc) is 3.88. The summed E-state index contributed by atoms with van der Waals surface area (Å²) >= 11 is 0. The van der Waals surface area contributed by atoms with Crippen molar-refractivity contribution >= 4 is 87.0 Å². The summed E-state index contributed by atoms with van der Waals surface area (Å²) in [5.41, 5.74) is 11.1. The van der Waals surface area contributed by atoms with Crippen molar-refractivity contribution in [2.45, 2.75) is 0 Å². The van der Waals surface area contributed by atoms with Gasteiger partial charge in [0, 0.05) is 49.0 Å². The van der Waals surface area contributed by atoms with Crippen molar-refractivity contribution in [2.24, 2.45) is 0 Å². The van der Waals surface area contributed by atoms with Crippen LogP contribution in [0.4, 0.5) is 0 Å². The van der Waals surface area contributed by atoms with Crippen molar-refractivity contribution in [3.63, 3.8) is 0 Å². The number of hydrogen-bond acceptors (Lipinski definition) is 3. The van der Waals surface area contributed by atoms with Gasteiger partial charge in [0.05, 0.1) is 22.2 Å². The van der Waals surface area contributed by atoms with Crippen molar-refractivity contribution < 1.29 is 4.42 Å². The molecule has 60 heavy (non-hydrogen) atoms. The zero-order chi connectivity index (χ0) is 39.3. The van der Waals surface area contributed by atoms with Gasteiger partial charge in [-0.15, -0.1) is 0 Å². The van der Waals surface area contributed by atoms with E-state index < -0.39 is 0 Å². The fourth-order valence-corrected chi connectivity index (χ4v) is 9.69. The van der Waals surface area contributed by atoms with E-state index in [1.165, 1.54) is 32.7 Å². The first-order chi connectivity index (χ1) is 29.8. The van der Waals surface area contributed by atoms with Gasteiger partial charge in [0.1, 0.15) is 11.2 Å². The van der Waals surface area contributed by atoms with Crippen LogP contribution in [0.25, 0.3) is 126 Å². The molecule has 0 aliphatic heterocycles. The highest BCUT2D eigenvalue weighted by molar-refractivity contribution is 6.24. The Hall–Kier alpha value is -8.08. The second kappa shape index (κ2) is 12.7. The van der Waals surface area contributed by atoms with Crippen LogP contribution in [-0.4, -0.2) is 14.5 Å². The number of furan rings is 1. The van der Waals surface area contributed by atoms with Gasteiger partial charge in [-0.05, 0) is 50.2 Å². The van der Waals surface area contributed by atoms with Crippen LogP contribution in [0.3, 0.4) is 0 Å². The van der Waals surface area contributed by atoms with Gasteiger partial charge in [-0.3, -0.25) is 4.57 Å². The Morgan fingerprint density at radius 2 is 0.917 bits per heavy atom. The predicted octanol–water partition coefficient (Wildman–Crippen LogP) is 15.1. The average molecular weight is 764 g/mol. The molecule has 0 unspecified atom stereocenters. The largest absolute Gasteiger partial charge is 0.455 e. The van der Waals surface area contributed by atoms with Crippen LogP contribution >= 0.6 is 0 Å². The molecule has 278 valence electrons. The van der Waals surface area contributed by atoms with Gasteiger partial charge < -0.3 is 4.42 Å². The Kier molecular flexibility index (Phi) is 6.98. The summed E-state index contributed by atoms with van der Waals surface area (Å²) in [7, 11) is 0. The highest BCUT2D eigenvalue weighted by atomic mass is 16.3. The summed E-state index contributed by atoms with van der Waals surface area (Å²) in [5.74, 6) is 0.619. The molecule has 0 aliphatic carbocycles. The quantitative estimate of drug-likeness (QED) is 0.179. The molecule has 3 heterocycles. The maximum atomic E-state index is 6.84. The molecule has 0 bridgehead atoms. The Balaban J connectivity index is 1.10. The number of aromatic nitrogens is 3. The molecule has 0 saturated carbocycles. The van der Waals surface area contributed by atoms with Gasteiger partial charge in [0.2, 0.25) is 5.95 Å². The van der Waals surface area contributed by atoms with E-state index in [9.17, 15) is 0 Å². The molecule has 4 nitrogen and oxygen atoms in total. The third-order valence-corrected chi connectivity index (χ3v) is 12.4. The van der Waals surface area contributed by atoms with Crippen LogP contribution in [0.2, 0.25) is 0 Å². The van der Waals surface area contributed by atoms with E-state index in [1.807, 2.05) is 0 Å². The van der Waals surface area contributed by atoms with Crippen molar-refractivity contribution in [1.82, 2.24) is 14.5 Å². The van der Waals surface area contributed by atoms with Gasteiger partial charge >= 0.3 is 0 Å². The van der Waals surface area contributed by atoms with E-state index in [0.717, 1.165) is 87.8 Å². The van der Waals surface area contributed by atoms with E-state index in [0.29, 0.717) is 5.95 Å². The predicted molar refractivity (Wildman–Crippen MR) is 250 cm³/mol. The number of rotatable bonds is 4. The maximum absolute atomic E-state index is 6.84. The molecule has 0 spiro atoms. The first-order valence-electron chi connectivity index (χ1n) is 20.4. The normalized spacial score (nSPS) is 12.0. The molecule has 0 fully saturated rings. The van der Waals surface area contributed by atoms with E-state index in [-0.39, 0.29) is 0 Å². The van der Waals surface area contributed by atoms with Crippen LogP contribution in [-0.2, 0) is 0 Å². The monoisotopic (exact) mass is 763 g/mol. The SMILES string of the molecule is c1ccc2c(-c3ccc(-c4nc(-n5c6c(-c7cccc8c7oc7ccc9ccccc9c78)cccc6c6ccc7ccccc7c65)nc5ccccc45)cc3)cccc2c1. The second-order valence-electron chi connectivity index (χ2n) is 15.7. The van der Waals surface area contributed by atoms with Crippen LogP contribution in [0.15, 0.2) is 205 Å². The van der Waals surface area contributed by atoms with Gasteiger partial charge in [-0.1, -0.05) is 188 Å². The van der Waals surface area contributed by atoms with E-state index in [2.05, 4.69) is 205 Å². The fraction of sp³-hybridized carbons (Fsp3) is 0. The summed E-state index contributed by atoms with van der Waals surface area (Å²) < 4.78 is 9.15. The molecule has 10 aromatic carbocycles. The van der Waals surface area contributed by atoms with Crippen molar-refractivity contribution in [3.8, 4) is 39.5 Å². The summed E-state index contributed by atoms with van der Waals surface area (Å²) in [6, 6.07) is 71.3. The third-order valence-electron chi connectivity index (χ3n) is 12.4. The van der Waals surface area contributed by atoms with Gasteiger partial charge in [0.25, 0.3) is 0 Å². The standard InChI is InChI=1S/C56H33N3O/c1-4-16-39-34(12-1)15-9-20-40(39)37-26-28-38(29-27-37)52-47-19-7-8-25-49(47)57-56(58-52)59-53-42-18-6-3-14-36(42)30-32-45(53)43-21-10-22-44(54(43)59)46-23-11-24-48-51-41-17-5-2-13-35(41)31-33-50(51)60-55(46)48/h1-33H. The van der Waals surface area contributed by atoms with E-state index in [4.69, 9.17) is 14.4 Å². The lowest BCUT2D eigenvalue weighted by Gasteiger charge is -2.15. The molecular formula is C56H33N3O. The van der Waals surface area contributed by atoms with Crippen LogP contribution in [0.1, 0.15) is 0 Å². The van der Waals surface area contributed by atoms with Gasteiger partial charge in [-0.2, -0.15) is 0 Å². The lowest BCUT2D eigenvalue weighted by atomic mass is 9.96. The zero-order valence-electron chi connectivity index (χ0n) is 32.3. The number of benzene rings is 10. The topological polar surface area (TPSA) is 43.9 Å². The summed E-state index contributed by atoms with van der Waals surface area (Å²) in [6.45, 7) is 0. The highest BCUT2D eigenvalue weighted by Crippen LogP contribution is 2.45. The number of fused-ring (bicyclic) bond motifs is 12. The second-order valence-corrected chi connectivity index (χ2v) is 15.7. The van der Waals surface area contributed by atoms with Crippen molar-refractivity contribution in [1.29, 1.82) is 0 Å². The summed E-state index contributed by atoms with van der Waals surface area (Å²) in [5, 5.41) is 12.7. The minimum absolute atomic E-state index is 0.619. The lowest BCUT2D eigenvalue weighted by molar-refractivity contribution is 0.670. The molecule has 4 heteroatoms. The molecule has 0 saturated heterocycles. The Bertz CT molecular complexity index is 3890. The molecule has 0 aliphatic rings. The first-order valence-corrected chi connectivity index (χ1v) is 20.4. The zero-order valence-corrected chi connectivity index (χ0v) is 32.3. The third kappa shape index (κ3) is 4.79.